The third kappa shape index (κ3) is 3.01. The van der Waals surface area contributed by atoms with Crippen LogP contribution in [0.2, 0.25) is 0 Å². The van der Waals surface area contributed by atoms with Gasteiger partial charge in [0.25, 0.3) is 0 Å². The van der Waals surface area contributed by atoms with E-state index in [0.29, 0.717) is 11.8 Å². The first-order valence-electron chi connectivity index (χ1n) is 8.04. The minimum absolute atomic E-state index is 0.144. The van der Waals surface area contributed by atoms with Crippen LogP contribution in [0, 0.1) is 11.8 Å². The van der Waals surface area contributed by atoms with Gasteiger partial charge in [-0.2, -0.15) is 0 Å². The van der Waals surface area contributed by atoms with E-state index in [4.69, 9.17) is 5.73 Å². The first kappa shape index (κ1) is 15.8. The van der Waals surface area contributed by atoms with E-state index in [0.717, 1.165) is 25.8 Å². The van der Waals surface area contributed by atoms with E-state index in [9.17, 15) is 4.79 Å². The van der Waals surface area contributed by atoms with E-state index in [1.807, 2.05) is 11.9 Å². The highest BCUT2D eigenvalue weighted by Crippen LogP contribution is 2.37. The van der Waals surface area contributed by atoms with E-state index >= 15 is 0 Å². The van der Waals surface area contributed by atoms with Crippen molar-refractivity contribution in [2.75, 3.05) is 27.7 Å². The van der Waals surface area contributed by atoms with Crippen LogP contribution < -0.4 is 5.73 Å². The summed E-state index contributed by atoms with van der Waals surface area (Å²) in [6.45, 7) is 3.06. The normalized spacial score (nSPS) is 32.8. The van der Waals surface area contributed by atoms with E-state index in [1.54, 1.807) is 0 Å². The van der Waals surface area contributed by atoms with Crippen LogP contribution in [0.25, 0.3) is 0 Å². The number of carbonyl (C=O) groups is 1. The van der Waals surface area contributed by atoms with Crippen molar-refractivity contribution in [3.63, 3.8) is 0 Å². The summed E-state index contributed by atoms with van der Waals surface area (Å²) in [5.41, 5.74) is 6.36. The maximum atomic E-state index is 12.6. The van der Waals surface area contributed by atoms with Crippen LogP contribution in [0.5, 0.6) is 0 Å². The van der Waals surface area contributed by atoms with Gasteiger partial charge in [-0.15, -0.1) is 0 Å². The van der Waals surface area contributed by atoms with Crippen LogP contribution >= 0.6 is 0 Å². The van der Waals surface area contributed by atoms with Crippen molar-refractivity contribution in [3.05, 3.63) is 0 Å². The summed E-state index contributed by atoms with van der Waals surface area (Å²) in [4.78, 5) is 16.9. The van der Waals surface area contributed by atoms with E-state index in [-0.39, 0.29) is 17.5 Å². The minimum atomic E-state index is 0.144. The Morgan fingerprint density at radius 3 is 2.35 bits per heavy atom. The third-order valence-corrected chi connectivity index (χ3v) is 5.75. The Bertz CT molecular complexity index is 352. The number of nitrogens with two attached hydrogens (primary N) is 1. The molecule has 0 heterocycles. The first-order chi connectivity index (χ1) is 9.35. The minimum Gasteiger partial charge on any atom is -0.344 e. The first-order valence-corrected chi connectivity index (χ1v) is 8.04. The van der Waals surface area contributed by atoms with Gasteiger partial charge in [-0.05, 0) is 58.5 Å². The number of nitrogens with zero attached hydrogens (tertiary/aromatic N) is 2. The molecule has 4 heteroatoms. The average molecular weight is 281 g/mol. The van der Waals surface area contributed by atoms with Crippen LogP contribution in [0.1, 0.15) is 45.4 Å². The number of likely N-dealkylation sites (N-methyl/N-ethyl adjacent to an activating group) is 2. The second kappa shape index (κ2) is 6.02. The molecule has 2 N–H and O–H groups in total. The molecular weight excluding hydrogens is 250 g/mol. The van der Waals surface area contributed by atoms with Crippen LogP contribution in [0.3, 0.4) is 0 Å². The number of amides is 1. The van der Waals surface area contributed by atoms with Crippen molar-refractivity contribution in [2.45, 2.75) is 57.0 Å². The van der Waals surface area contributed by atoms with Gasteiger partial charge in [-0.1, -0.05) is 6.92 Å². The Morgan fingerprint density at radius 2 is 1.90 bits per heavy atom. The summed E-state index contributed by atoms with van der Waals surface area (Å²) >= 11 is 0. The lowest BCUT2D eigenvalue weighted by atomic mass is 9.74. The summed E-state index contributed by atoms with van der Waals surface area (Å²) in [6, 6.07) is 0.192. The molecule has 2 fully saturated rings. The lowest BCUT2D eigenvalue weighted by Crippen LogP contribution is -2.58. The quantitative estimate of drug-likeness (QED) is 0.853. The molecule has 2 rings (SSSR count). The number of hydrogen-bond donors (Lipinski definition) is 1. The fraction of sp³-hybridized carbons (Fsp3) is 0.938. The summed E-state index contributed by atoms with van der Waals surface area (Å²) < 4.78 is 0. The van der Waals surface area contributed by atoms with E-state index < -0.39 is 0 Å². The zero-order valence-electron chi connectivity index (χ0n) is 13.6. The summed E-state index contributed by atoms with van der Waals surface area (Å²) in [5, 5.41) is 0. The maximum Gasteiger partial charge on any atom is 0.225 e. The summed E-state index contributed by atoms with van der Waals surface area (Å²) in [7, 11) is 6.24. The van der Waals surface area contributed by atoms with Crippen LogP contribution in [0.15, 0.2) is 0 Å². The largest absolute Gasteiger partial charge is 0.344 e. The molecule has 0 aliphatic heterocycles. The highest BCUT2D eigenvalue weighted by molar-refractivity contribution is 5.78. The zero-order valence-corrected chi connectivity index (χ0v) is 13.6. The predicted molar refractivity (Wildman–Crippen MR) is 82.4 cm³/mol. The molecule has 1 amide bonds. The van der Waals surface area contributed by atoms with Crippen molar-refractivity contribution >= 4 is 5.91 Å². The van der Waals surface area contributed by atoms with E-state index in [2.05, 4.69) is 25.9 Å². The highest BCUT2D eigenvalue weighted by atomic mass is 16.2. The molecule has 116 valence electrons. The highest BCUT2D eigenvalue weighted by Gasteiger charge is 2.41. The number of carbonyl (C=O) groups excluding carboxylic acids is 1. The van der Waals surface area contributed by atoms with Crippen LogP contribution in [-0.2, 0) is 4.79 Å². The van der Waals surface area contributed by atoms with Gasteiger partial charge in [-0.25, -0.2) is 0 Å². The molecular formula is C16H31N3O. The molecule has 0 radical (unpaired) electrons. The lowest BCUT2D eigenvalue weighted by molar-refractivity contribution is -0.138. The van der Waals surface area contributed by atoms with Gasteiger partial charge in [0, 0.05) is 31.1 Å². The second-order valence-electron chi connectivity index (χ2n) is 7.32. The van der Waals surface area contributed by atoms with Gasteiger partial charge in [0.2, 0.25) is 5.91 Å². The van der Waals surface area contributed by atoms with E-state index in [1.165, 1.54) is 19.3 Å². The molecule has 0 aromatic carbocycles. The smallest absolute Gasteiger partial charge is 0.225 e. The zero-order chi connectivity index (χ0) is 14.9. The molecule has 3 unspecified atom stereocenters. The van der Waals surface area contributed by atoms with Crippen LogP contribution in [0.4, 0.5) is 0 Å². The second-order valence-corrected chi connectivity index (χ2v) is 7.32. The molecule has 0 aromatic rings. The molecule has 0 bridgehead atoms. The number of rotatable bonds is 4. The molecule has 4 nitrogen and oxygen atoms in total. The van der Waals surface area contributed by atoms with Crippen molar-refractivity contribution in [1.82, 2.24) is 9.80 Å². The molecule has 0 aromatic heterocycles. The standard InChI is InChI=1S/C16H31N3O/c1-12-6-7-13(10-14(12)17)15(20)19(4)11-16(18(2)3)8-5-9-16/h12-14H,5-11,17H2,1-4H3. The predicted octanol–water partition coefficient (Wildman–Crippen LogP) is 1.69. The molecule has 3 atom stereocenters. The average Bonchev–Trinajstić information content (AvgIpc) is 2.35. The van der Waals surface area contributed by atoms with Gasteiger partial charge >= 0.3 is 0 Å². The summed E-state index contributed by atoms with van der Waals surface area (Å²) in [5.74, 6) is 1.01. The Kier molecular flexibility index (Phi) is 4.75. The Labute approximate surface area is 123 Å². The van der Waals surface area contributed by atoms with Gasteiger partial charge in [-0.3, -0.25) is 4.79 Å². The molecule has 0 spiro atoms. The molecule has 2 aliphatic carbocycles. The lowest BCUT2D eigenvalue weighted by Gasteiger charge is -2.49. The van der Waals surface area contributed by atoms with Crippen molar-refractivity contribution < 1.29 is 4.79 Å². The Morgan fingerprint density at radius 1 is 1.25 bits per heavy atom. The molecule has 2 aliphatic rings. The van der Waals surface area contributed by atoms with Gasteiger partial charge in [0.15, 0.2) is 0 Å². The fourth-order valence-electron chi connectivity index (χ4n) is 3.74. The van der Waals surface area contributed by atoms with Crippen molar-refractivity contribution in [1.29, 1.82) is 0 Å². The monoisotopic (exact) mass is 281 g/mol. The van der Waals surface area contributed by atoms with Crippen molar-refractivity contribution in [3.8, 4) is 0 Å². The molecule has 2 saturated carbocycles. The SMILES string of the molecule is CC1CCC(C(=O)N(C)CC2(N(C)C)CCC2)CC1N. The van der Waals surface area contributed by atoms with Gasteiger partial charge in [0.1, 0.15) is 0 Å². The maximum absolute atomic E-state index is 12.6. The topological polar surface area (TPSA) is 49.6 Å². The van der Waals surface area contributed by atoms with Crippen LogP contribution in [-0.4, -0.2) is 55.0 Å². The van der Waals surface area contributed by atoms with Crippen molar-refractivity contribution in [2.24, 2.45) is 17.6 Å². The molecule has 0 saturated heterocycles. The third-order valence-electron chi connectivity index (χ3n) is 5.75. The van der Waals surface area contributed by atoms with Gasteiger partial charge < -0.3 is 15.5 Å². The van der Waals surface area contributed by atoms with Gasteiger partial charge in [0.05, 0.1) is 0 Å². The summed E-state index contributed by atoms with van der Waals surface area (Å²) in [6.07, 6.45) is 6.65. The Balaban J connectivity index is 1.92. The number of hydrogen-bond acceptors (Lipinski definition) is 3. The molecule has 20 heavy (non-hydrogen) atoms. The Hall–Kier alpha value is -0.610. The fourth-order valence-corrected chi connectivity index (χ4v) is 3.74.